The first-order valence-electron chi connectivity index (χ1n) is 19.7. The quantitative estimate of drug-likeness (QED) is 0.0451. The number of para-hydroxylation sites is 1. The van der Waals surface area contributed by atoms with Gasteiger partial charge < -0.3 is 19.3 Å². The first-order chi connectivity index (χ1) is 26.9. The number of hydrogen-bond acceptors (Lipinski definition) is 10. The number of carbonyl (C=O) groups excluding carboxylic acids is 4. The molecule has 3 amide bonds. The van der Waals surface area contributed by atoms with Gasteiger partial charge in [0.1, 0.15) is 5.75 Å². The van der Waals surface area contributed by atoms with Gasteiger partial charge in [-0.15, -0.1) is 0 Å². The van der Waals surface area contributed by atoms with E-state index in [1.54, 1.807) is 12.1 Å². The molecular formula is C41H55ClN4O9S. The first-order valence-corrected chi connectivity index (χ1v) is 21.6. The summed E-state index contributed by atoms with van der Waals surface area (Å²) in [6, 6.07) is 9.22. The van der Waals surface area contributed by atoms with Gasteiger partial charge in [-0.2, -0.15) is 0 Å². The zero-order valence-corrected chi connectivity index (χ0v) is 34.2. The summed E-state index contributed by atoms with van der Waals surface area (Å²) in [4.78, 5) is 53.8. The number of imide groups is 1. The van der Waals surface area contributed by atoms with Gasteiger partial charge in [0.15, 0.2) is 11.6 Å². The van der Waals surface area contributed by atoms with Crippen molar-refractivity contribution in [2.45, 2.75) is 140 Å². The van der Waals surface area contributed by atoms with Gasteiger partial charge in [0.25, 0.3) is 21.8 Å². The Labute approximate surface area is 335 Å². The molecule has 0 spiro atoms. The van der Waals surface area contributed by atoms with E-state index in [-0.39, 0.29) is 33.6 Å². The second-order valence-electron chi connectivity index (χ2n) is 14.6. The van der Waals surface area contributed by atoms with Crippen LogP contribution in [0.5, 0.6) is 5.75 Å². The summed E-state index contributed by atoms with van der Waals surface area (Å²) in [5.74, 6) is -3.41. The third-order valence-electron chi connectivity index (χ3n) is 9.60. The molecule has 1 aromatic heterocycles. The number of amides is 3. The van der Waals surface area contributed by atoms with Crippen molar-refractivity contribution < 1.29 is 41.6 Å². The van der Waals surface area contributed by atoms with Gasteiger partial charge in [-0.1, -0.05) is 132 Å². The van der Waals surface area contributed by atoms with E-state index < -0.39 is 51.1 Å². The van der Waals surface area contributed by atoms with Gasteiger partial charge in [0.2, 0.25) is 11.5 Å². The number of benzene rings is 2. The molecule has 1 fully saturated rings. The summed E-state index contributed by atoms with van der Waals surface area (Å²) in [6.45, 7) is 5.16. The van der Waals surface area contributed by atoms with Crippen LogP contribution < -0.4 is 14.8 Å². The lowest BCUT2D eigenvalue weighted by atomic mass is 10.0. The van der Waals surface area contributed by atoms with Gasteiger partial charge in [-0.25, -0.2) is 18.1 Å². The van der Waals surface area contributed by atoms with E-state index >= 15 is 0 Å². The molecule has 3 aromatic rings. The molecule has 2 heterocycles. The number of nitrogens with one attached hydrogen (secondary N) is 2. The van der Waals surface area contributed by atoms with Crippen molar-refractivity contribution in [3.8, 4) is 5.75 Å². The zero-order valence-electron chi connectivity index (χ0n) is 32.6. The van der Waals surface area contributed by atoms with E-state index in [1.807, 2.05) is 0 Å². The molecule has 0 saturated carbocycles. The fraction of sp³-hybridized carbons (Fsp3) is 0.537. The second kappa shape index (κ2) is 21.8. The SMILES string of the molecule is CCCCCCCCCCCCCCCCCCOc1ccc(S(=O)(=O)Nc2ccccc2Cl)cc1NC(=O)C(C(=O)c1ccno1)N1C(=O)OC(C)(C)C1=O. The Balaban J connectivity index is 1.39. The third-order valence-corrected chi connectivity index (χ3v) is 11.3. The second-order valence-corrected chi connectivity index (χ2v) is 16.7. The smallest absolute Gasteiger partial charge is 0.418 e. The van der Waals surface area contributed by atoms with Crippen molar-refractivity contribution in [2.75, 3.05) is 16.6 Å². The third kappa shape index (κ3) is 12.8. The molecule has 1 aliphatic rings. The Hall–Kier alpha value is -4.43. The number of halogens is 1. The predicted molar refractivity (Wildman–Crippen MR) is 214 cm³/mol. The number of ketones is 1. The lowest BCUT2D eigenvalue weighted by Crippen LogP contribution is -2.53. The lowest BCUT2D eigenvalue weighted by molar-refractivity contribution is -0.137. The van der Waals surface area contributed by atoms with Crippen molar-refractivity contribution in [3.05, 3.63) is 65.5 Å². The molecule has 306 valence electrons. The molecule has 15 heteroatoms. The van der Waals surface area contributed by atoms with Crippen LogP contribution in [0.25, 0.3) is 0 Å². The molecule has 1 atom stereocenters. The molecule has 2 aromatic carbocycles. The molecule has 13 nitrogen and oxygen atoms in total. The maximum atomic E-state index is 14.0. The topological polar surface area (TPSA) is 174 Å². The van der Waals surface area contributed by atoms with Crippen LogP contribution in [0.2, 0.25) is 5.02 Å². The van der Waals surface area contributed by atoms with Crippen LogP contribution in [0.4, 0.5) is 16.2 Å². The summed E-state index contributed by atoms with van der Waals surface area (Å²) in [6.07, 6.45) is 19.4. The van der Waals surface area contributed by atoms with E-state index in [2.05, 4.69) is 22.1 Å². The van der Waals surface area contributed by atoms with E-state index in [1.165, 1.54) is 127 Å². The number of hydrogen-bond donors (Lipinski definition) is 2. The van der Waals surface area contributed by atoms with Crippen molar-refractivity contribution in [3.63, 3.8) is 0 Å². The maximum absolute atomic E-state index is 14.0. The summed E-state index contributed by atoms with van der Waals surface area (Å²) in [5, 5.41) is 6.20. The van der Waals surface area contributed by atoms with Crippen LogP contribution in [0.3, 0.4) is 0 Å². The highest BCUT2D eigenvalue weighted by Crippen LogP contribution is 2.33. The van der Waals surface area contributed by atoms with Gasteiger partial charge in [-0.05, 0) is 50.6 Å². The molecule has 1 aliphatic heterocycles. The Bertz CT molecular complexity index is 1870. The molecular weight excluding hydrogens is 760 g/mol. The highest BCUT2D eigenvalue weighted by atomic mass is 35.5. The summed E-state index contributed by atoms with van der Waals surface area (Å²) < 4.78 is 45.6. The minimum Gasteiger partial charge on any atom is -0.491 e. The summed E-state index contributed by atoms with van der Waals surface area (Å²) in [7, 11) is -4.25. The fourth-order valence-electron chi connectivity index (χ4n) is 6.42. The number of Topliss-reactive ketones (excluding diaryl/α,β-unsaturated/α-hetero) is 1. The maximum Gasteiger partial charge on any atom is 0.418 e. The molecule has 0 radical (unpaired) electrons. The average Bonchev–Trinajstić information content (AvgIpc) is 3.77. The summed E-state index contributed by atoms with van der Waals surface area (Å²) >= 11 is 6.20. The molecule has 1 saturated heterocycles. The zero-order chi connectivity index (χ0) is 40.6. The number of unbranched alkanes of at least 4 members (excludes halogenated alkanes) is 15. The number of ether oxygens (including phenoxy) is 2. The highest BCUT2D eigenvalue weighted by Gasteiger charge is 2.54. The molecule has 0 aliphatic carbocycles. The van der Waals surface area contributed by atoms with Crippen LogP contribution in [0, 0.1) is 0 Å². The van der Waals surface area contributed by atoms with Gasteiger partial charge in [0.05, 0.1) is 34.1 Å². The van der Waals surface area contributed by atoms with Crippen LogP contribution >= 0.6 is 11.6 Å². The first kappa shape index (κ1) is 44.3. The van der Waals surface area contributed by atoms with Crippen molar-refractivity contribution in [2.24, 2.45) is 0 Å². The Morgan fingerprint density at radius 1 is 0.839 bits per heavy atom. The normalized spacial score (nSPS) is 14.4. The van der Waals surface area contributed by atoms with E-state index in [9.17, 15) is 27.6 Å². The standard InChI is InChI=1S/C41H55ClN4O9S/c1-4-5-6-7-8-9-10-11-12-13-14-15-16-17-18-21-28-53-34-25-24-30(56(51,52)45-32-23-20-19-22-31(32)42)29-33(34)44-38(48)36(37(47)35-26-27-43-55-35)46-39(49)41(2,3)54-40(46)50/h19-20,22-27,29,36,45H,4-18,21,28H2,1-3H3,(H,44,48). The van der Waals surface area contributed by atoms with Crippen molar-refractivity contribution in [1.82, 2.24) is 10.1 Å². The van der Waals surface area contributed by atoms with E-state index in [4.69, 9.17) is 25.6 Å². The molecule has 56 heavy (non-hydrogen) atoms. The van der Waals surface area contributed by atoms with Crippen LogP contribution in [-0.2, 0) is 24.3 Å². The van der Waals surface area contributed by atoms with Gasteiger partial charge in [-0.3, -0.25) is 19.1 Å². The average molecular weight is 815 g/mol. The fourth-order valence-corrected chi connectivity index (χ4v) is 7.76. The number of nitrogens with zero attached hydrogens (tertiary/aromatic N) is 2. The highest BCUT2D eigenvalue weighted by molar-refractivity contribution is 7.92. The molecule has 4 rings (SSSR count). The number of aromatic nitrogens is 1. The number of anilines is 2. The minimum absolute atomic E-state index is 0.109. The summed E-state index contributed by atoms with van der Waals surface area (Å²) in [5.41, 5.74) is -1.64. The Morgan fingerprint density at radius 2 is 1.43 bits per heavy atom. The largest absolute Gasteiger partial charge is 0.491 e. The number of rotatable bonds is 26. The predicted octanol–water partition coefficient (Wildman–Crippen LogP) is 9.72. The minimum atomic E-state index is -4.25. The monoisotopic (exact) mass is 814 g/mol. The number of carbonyl (C=O) groups is 4. The molecule has 2 N–H and O–H groups in total. The molecule has 0 bridgehead atoms. The van der Waals surface area contributed by atoms with E-state index in [0.717, 1.165) is 25.3 Å². The van der Waals surface area contributed by atoms with Crippen molar-refractivity contribution >= 4 is 56.7 Å². The Kier molecular flexibility index (Phi) is 17.2. The molecule has 1 unspecified atom stereocenters. The van der Waals surface area contributed by atoms with Crippen LogP contribution in [0.1, 0.15) is 134 Å². The lowest BCUT2D eigenvalue weighted by Gasteiger charge is -2.23. The van der Waals surface area contributed by atoms with Gasteiger partial charge >= 0.3 is 6.09 Å². The van der Waals surface area contributed by atoms with Crippen LogP contribution in [0.15, 0.2) is 64.1 Å². The van der Waals surface area contributed by atoms with Crippen molar-refractivity contribution in [1.29, 1.82) is 0 Å². The van der Waals surface area contributed by atoms with E-state index in [0.29, 0.717) is 11.3 Å². The number of sulfonamides is 1. The Morgan fingerprint density at radius 3 is 1.96 bits per heavy atom. The number of cyclic esters (lactones) is 1. The van der Waals surface area contributed by atoms with Crippen LogP contribution in [-0.4, -0.2) is 60.4 Å². The van der Waals surface area contributed by atoms with Gasteiger partial charge in [0, 0.05) is 6.07 Å².